The van der Waals surface area contributed by atoms with Gasteiger partial charge in [-0.3, -0.25) is 0 Å². The molecule has 0 aromatic heterocycles. The third-order valence-corrected chi connectivity index (χ3v) is 2.36. The minimum absolute atomic E-state index is 0.423. The van der Waals surface area contributed by atoms with Crippen LogP contribution >= 0.6 is 15.9 Å². The van der Waals surface area contributed by atoms with Gasteiger partial charge >= 0.3 is 0 Å². The molecule has 0 aliphatic heterocycles. The number of alkyl halides is 1. The first-order chi connectivity index (χ1) is 4.85. The van der Waals surface area contributed by atoms with Crippen molar-refractivity contribution < 1.29 is 4.74 Å². The molecule has 1 unspecified atom stereocenters. The number of ether oxygens (including phenoxy) is 1. The number of rotatable bonds is 6. The van der Waals surface area contributed by atoms with E-state index in [1.165, 1.54) is 25.7 Å². The molecule has 0 heterocycles. The average molecular weight is 209 g/mol. The van der Waals surface area contributed by atoms with E-state index in [2.05, 4.69) is 22.9 Å². The molecule has 0 spiro atoms. The van der Waals surface area contributed by atoms with Crippen molar-refractivity contribution in [3.8, 4) is 0 Å². The lowest BCUT2D eigenvalue weighted by molar-refractivity contribution is 0.113. The van der Waals surface area contributed by atoms with Crippen LogP contribution in [0.1, 0.15) is 32.6 Å². The first-order valence-corrected chi connectivity index (χ1v) is 5.06. The van der Waals surface area contributed by atoms with Gasteiger partial charge in [-0.05, 0) is 6.42 Å². The van der Waals surface area contributed by atoms with Gasteiger partial charge in [-0.2, -0.15) is 0 Å². The van der Waals surface area contributed by atoms with Gasteiger partial charge in [-0.25, -0.2) is 0 Å². The highest BCUT2D eigenvalue weighted by Gasteiger charge is 2.02. The molecule has 0 aliphatic rings. The van der Waals surface area contributed by atoms with Gasteiger partial charge in [0.2, 0.25) is 0 Å². The lowest BCUT2D eigenvalue weighted by Crippen LogP contribution is -2.11. The summed E-state index contributed by atoms with van der Waals surface area (Å²) in [7, 11) is 1.78. The standard InChI is InChI=1S/C8H17BrO/c1-3-4-5-6-8(7-9)10-2/h8H,3-7H2,1-2H3. The van der Waals surface area contributed by atoms with Gasteiger partial charge in [0.15, 0.2) is 0 Å². The Kier molecular flexibility index (Phi) is 7.88. The number of halogens is 1. The Morgan fingerprint density at radius 2 is 2.10 bits per heavy atom. The van der Waals surface area contributed by atoms with Crippen molar-refractivity contribution in [3.63, 3.8) is 0 Å². The lowest BCUT2D eigenvalue weighted by Gasteiger charge is -2.10. The van der Waals surface area contributed by atoms with Crippen LogP contribution in [0.4, 0.5) is 0 Å². The predicted octanol–water partition coefficient (Wildman–Crippen LogP) is 2.98. The SMILES string of the molecule is CCCCCC(CBr)OC. The molecule has 0 saturated carbocycles. The van der Waals surface area contributed by atoms with E-state index in [1.807, 2.05) is 0 Å². The Balaban J connectivity index is 3.09. The molecular formula is C8H17BrO. The van der Waals surface area contributed by atoms with Crippen LogP contribution in [0.15, 0.2) is 0 Å². The molecule has 10 heavy (non-hydrogen) atoms. The highest BCUT2D eigenvalue weighted by molar-refractivity contribution is 9.09. The number of hydrogen-bond acceptors (Lipinski definition) is 1. The van der Waals surface area contributed by atoms with E-state index in [0.717, 1.165) is 5.33 Å². The largest absolute Gasteiger partial charge is 0.381 e. The Morgan fingerprint density at radius 1 is 1.40 bits per heavy atom. The summed E-state index contributed by atoms with van der Waals surface area (Å²) in [6.45, 7) is 2.22. The average Bonchev–Trinajstić information content (AvgIpc) is 1.99. The Morgan fingerprint density at radius 3 is 2.50 bits per heavy atom. The van der Waals surface area contributed by atoms with Gasteiger partial charge < -0.3 is 4.74 Å². The topological polar surface area (TPSA) is 9.23 Å². The molecule has 0 fully saturated rings. The fourth-order valence-corrected chi connectivity index (χ4v) is 1.47. The minimum Gasteiger partial charge on any atom is -0.381 e. The molecule has 2 heteroatoms. The number of hydrogen-bond donors (Lipinski definition) is 0. The van der Waals surface area contributed by atoms with Gasteiger partial charge in [0.25, 0.3) is 0 Å². The van der Waals surface area contributed by atoms with Crippen molar-refractivity contribution in [2.75, 3.05) is 12.4 Å². The number of methoxy groups -OCH3 is 1. The highest BCUT2D eigenvalue weighted by Crippen LogP contribution is 2.07. The summed E-state index contributed by atoms with van der Waals surface area (Å²) < 4.78 is 5.20. The van der Waals surface area contributed by atoms with Crippen molar-refractivity contribution >= 4 is 15.9 Å². The van der Waals surface area contributed by atoms with Gasteiger partial charge in [-0.1, -0.05) is 42.1 Å². The normalized spacial score (nSPS) is 13.5. The van der Waals surface area contributed by atoms with Crippen molar-refractivity contribution in [2.24, 2.45) is 0 Å². The molecule has 0 rings (SSSR count). The van der Waals surface area contributed by atoms with E-state index < -0.39 is 0 Å². The zero-order valence-electron chi connectivity index (χ0n) is 6.90. The van der Waals surface area contributed by atoms with Crippen LogP contribution in [-0.2, 0) is 4.74 Å². The van der Waals surface area contributed by atoms with Crippen LogP contribution in [0.25, 0.3) is 0 Å². The van der Waals surface area contributed by atoms with Crippen molar-refractivity contribution in [3.05, 3.63) is 0 Å². The molecule has 1 nitrogen and oxygen atoms in total. The van der Waals surface area contributed by atoms with Crippen LogP contribution in [0.3, 0.4) is 0 Å². The molecule has 0 saturated heterocycles. The van der Waals surface area contributed by atoms with Crippen molar-refractivity contribution in [1.82, 2.24) is 0 Å². The molecule has 62 valence electrons. The number of unbranched alkanes of at least 4 members (excludes halogenated alkanes) is 2. The molecule has 0 aromatic rings. The summed E-state index contributed by atoms with van der Waals surface area (Å²) >= 11 is 3.40. The minimum atomic E-state index is 0.423. The van der Waals surface area contributed by atoms with Crippen LogP contribution in [0.5, 0.6) is 0 Å². The highest BCUT2D eigenvalue weighted by atomic mass is 79.9. The maximum atomic E-state index is 5.20. The Hall–Kier alpha value is 0.440. The van der Waals surface area contributed by atoms with E-state index in [4.69, 9.17) is 4.74 Å². The summed E-state index contributed by atoms with van der Waals surface area (Å²) in [5, 5.41) is 0.965. The Bertz CT molecular complexity index is 62.3. The summed E-state index contributed by atoms with van der Waals surface area (Å²) in [6, 6.07) is 0. The molecule has 1 atom stereocenters. The van der Waals surface area contributed by atoms with E-state index in [1.54, 1.807) is 7.11 Å². The third kappa shape index (κ3) is 5.24. The molecule has 0 radical (unpaired) electrons. The molecular weight excluding hydrogens is 192 g/mol. The monoisotopic (exact) mass is 208 g/mol. The van der Waals surface area contributed by atoms with E-state index in [0.29, 0.717) is 6.10 Å². The maximum absolute atomic E-state index is 5.20. The zero-order valence-corrected chi connectivity index (χ0v) is 8.49. The van der Waals surface area contributed by atoms with Crippen LogP contribution < -0.4 is 0 Å². The second-order valence-corrected chi connectivity index (χ2v) is 3.16. The lowest BCUT2D eigenvalue weighted by atomic mass is 10.1. The maximum Gasteiger partial charge on any atom is 0.0668 e. The quantitative estimate of drug-likeness (QED) is 0.482. The van der Waals surface area contributed by atoms with Gasteiger partial charge in [0.1, 0.15) is 0 Å². The first kappa shape index (κ1) is 10.4. The van der Waals surface area contributed by atoms with E-state index >= 15 is 0 Å². The van der Waals surface area contributed by atoms with Gasteiger partial charge in [0.05, 0.1) is 6.10 Å². The summed E-state index contributed by atoms with van der Waals surface area (Å²) in [4.78, 5) is 0. The first-order valence-electron chi connectivity index (χ1n) is 3.93. The molecule has 0 aliphatic carbocycles. The molecule has 0 N–H and O–H groups in total. The predicted molar refractivity (Wildman–Crippen MR) is 48.7 cm³/mol. The summed E-state index contributed by atoms with van der Waals surface area (Å²) in [5.41, 5.74) is 0. The summed E-state index contributed by atoms with van der Waals surface area (Å²) in [5.74, 6) is 0. The molecule has 0 amide bonds. The van der Waals surface area contributed by atoms with Crippen LogP contribution in [-0.4, -0.2) is 18.5 Å². The fourth-order valence-electron chi connectivity index (χ4n) is 0.880. The second-order valence-electron chi connectivity index (χ2n) is 2.51. The van der Waals surface area contributed by atoms with E-state index in [9.17, 15) is 0 Å². The van der Waals surface area contributed by atoms with Crippen molar-refractivity contribution in [1.29, 1.82) is 0 Å². The second kappa shape index (κ2) is 7.55. The Labute approximate surface area is 72.3 Å². The van der Waals surface area contributed by atoms with Crippen LogP contribution in [0.2, 0.25) is 0 Å². The fraction of sp³-hybridized carbons (Fsp3) is 1.00. The zero-order chi connectivity index (χ0) is 7.82. The molecule has 0 bridgehead atoms. The molecule has 0 aromatic carbocycles. The van der Waals surface area contributed by atoms with Crippen molar-refractivity contribution in [2.45, 2.75) is 38.7 Å². The third-order valence-electron chi connectivity index (χ3n) is 1.64. The van der Waals surface area contributed by atoms with E-state index in [-0.39, 0.29) is 0 Å². The van der Waals surface area contributed by atoms with Gasteiger partial charge in [0, 0.05) is 12.4 Å². The smallest absolute Gasteiger partial charge is 0.0668 e. The summed E-state index contributed by atoms with van der Waals surface area (Å²) in [6.07, 6.45) is 5.52. The van der Waals surface area contributed by atoms with Crippen LogP contribution in [0, 0.1) is 0 Å². The van der Waals surface area contributed by atoms with Gasteiger partial charge in [-0.15, -0.1) is 0 Å².